The number of halogens is 4. The number of ether oxygens (including phenoxy) is 4. The van der Waals surface area contributed by atoms with E-state index in [4.69, 9.17) is 76.8 Å². The zero-order valence-electron chi connectivity index (χ0n) is 37.7. The maximum absolute atomic E-state index is 13.5. The van der Waals surface area contributed by atoms with Crippen molar-refractivity contribution in [2.75, 3.05) is 71.7 Å². The second kappa shape index (κ2) is 22.9. The van der Waals surface area contributed by atoms with Crippen LogP contribution in [-0.2, 0) is 41.7 Å². The lowest BCUT2D eigenvalue weighted by atomic mass is 10.0. The van der Waals surface area contributed by atoms with Crippen molar-refractivity contribution < 1.29 is 38.1 Å². The van der Waals surface area contributed by atoms with Gasteiger partial charge in [0, 0.05) is 85.9 Å². The maximum Gasteiger partial charge on any atom is 0.261 e. The minimum absolute atomic E-state index is 0.0627. The Labute approximate surface area is 417 Å². The first kappa shape index (κ1) is 50.6. The fourth-order valence-corrected chi connectivity index (χ4v) is 8.64. The van der Waals surface area contributed by atoms with E-state index in [1.807, 2.05) is 43.3 Å². The lowest BCUT2D eigenvalue weighted by molar-refractivity contribution is -0.159. The van der Waals surface area contributed by atoms with E-state index < -0.39 is 12.1 Å². The van der Waals surface area contributed by atoms with Crippen molar-refractivity contribution in [2.24, 2.45) is 0 Å². The molecular weight excluding hydrogens is 974 g/mol. The van der Waals surface area contributed by atoms with Crippen molar-refractivity contribution in [2.45, 2.75) is 38.1 Å². The summed E-state index contributed by atoms with van der Waals surface area (Å²) in [7, 11) is 2.98. The lowest BCUT2D eigenvalue weighted by Gasteiger charge is -2.44. The zero-order chi connectivity index (χ0) is 49.4. The summed E-state index contributed by atoms with van der Waals surface area (Å²) in [4.78, 5) is 75.6. The van der Waals surface area contributed by atoms with Crippen LogP contribution in [0.25, 0.3) is 21.8 Å². The molecule has 8 rings (SSSR count). The first-order chi connectivity index (χ1) is 33.1. The first-order valence-corrected chi connectivity index (χ1v) is 23.0. The summed E-state index contributed by atoms with van der Waals surface area (Å²) < 4.78 is 21.7. The fraction of sp³-hybridized carbons (Fsp3) is 0.319. The summed E-state index contributed by atoms with van der Waals surface area (Å²) >= 11 is 24.2. The van der Waals surface area contributed by atoms with Crippen molar-refractivity contribution >= 4 is 103 Å². The summed E-state index contributed by atoms with van der Waals surface area (Å²) in [5.41, 5.74) is 15.0. The topological polar surface area (TPSA) is 222 Å². The molecule has 2 aliphatic heterocycles. The van der Waals surface area contributed by atoms with Gasteiger partial charge < -0.3 is 50.0 Å². The predicted molar refractivity (Wildman–Crippen MR) is 262 cm³/mol. The maximum atomic E-state index is 13.5. The van der Waals surface area contributed by atoms with Gasteiger partial charge in [0.05, 0.1) is 34.3 Å². The van der Waals surface area contributed by atoms with Gasteiger partial charge in [0.25, 0.3) is 11.8 Å². The molecule has 0 bridgehead atoms. The smallest absolute Gasteiger partial charge is 0.261 e. The van der Waals surface area contributed by atoms with Crippen LogP contribution in [0, 0.1) is 0 Å². The Morgan fingerprint density at radius 1 is 0.638 bits per heavy atom. The number of piperazine rings is 2. The molecule has 2 fully saturated rings. The standard InChI is InChI=1S/C24H25Cl2N5O4.C23H23Cl2N5O4/c1-14-9-31(22(32)12-35-21-8-16(25)4-6-18(21)26)20(11-34-2)24(33)30(14)10-15-3-5-17-19(7-15)28-13-29-23(17)27;1-33-11-19-23(32)29(10-14-2-4-16-18(8-14)27-13-28-22(16)26)6-7-30(19)21(31)12-34-20-9-15(24)3-5-17(20)25/h3-8,13-14,20H,9-12H2,1-2H3,(H2,27,28,29);2-5,8-9,13,19H,6-7,10-12H2,1H3,(H2,26,27,28)/t14?,20-;19-/m00/s1. The van der Waals surface area contributed by atoms with Crippen LogP contribution >= 0.6 is 46.4 Å². The number of nitrogens with two attached hydrogens (primary N) is 2. The van der Waals surface area contributed by atoms with Gasteiger partial charge in [-0.2, -0.15) is 0 Å². The Balaban J connectivity index is 0.000000204. The summed E-state index contributed by atoms with van der Waals surface area (Å²) in [6, 6.07) is 19.0. The molecule has 362 valence electrons. The van der Waals surface area contributed by atoms with Gasteiger partial charge in [-0.15, -0.1) is 0 Å². The molecule has 2 aromatic heterocycles. The van der Waals surface area contributed by atoms with Crippen LogP contribution in [0.5, 0.6) is 11.5 Å². The molecule has 69 heavy (non-hydrogen) atoms. The van der Waals surface area contributed by atoms with Crippen LogP contribution in [0.1, 0.15) is 18.1 Å². The predicted octanol–water partition coefficient (Wildman–Crippen LogP) is 5.96. The quantitative estimate of drug-likeness (QED) is 0.129. The van der Waals surface area contributed by atoms with Gasteiger partial charge in [-0.1, -0.05) is 58.5 Å². The number of fused-ring (bicyclic) bond motifs is 2. The van der Waals surface area contributed by atoms with Crippen LogP contribution in [0.15, 0.2) is 85.5 Å². The lowest BCUT2D eigenvalue weighted by Crippen LogP contribution is -2.63. The molecule has 4 heterocycles. The Morgan fingerprint density at radius 3 is 1.65 bits per heavy atom. The average Bonchev–Trinajstić information content (AvgIpc) is 3.33. The average molecular weight is 1020 g/mol. The third kappa shape index (κ3) is 12.1. The number of hydrogen-bond acceptors (Lipinski definition) is 14. The van der Waals surface area contributed by atoms with Gasteiger partial charge in [-0.05, 0) is 66.6 Å². The number of hydrogen-bond donors (Lipinski definition) is 2. The van der Waals surface area contributed by atoms with Crippen molar-refractivity contribution in [3.8, 4) is 11.5 Å². The Hall–Kier alpha value is -6.28. The van der Waals surface area contributed by atoms with Gasteiger partial charge in [0.1, 0.15) is 47.9 Å². The molecule has 2 aliphatic rings. The second-order valence-corrected chi connectivity index (χ2v) is 17.8. The summed E-state index contributed by atoms with van der Waals surface area (Å²) in [5.74, 6) is 0.309. The van der Waals surface area contributed by atoms with Crippen molar-refractivity contribution in [1.29, 1.82) is 0 Å². The van der Waals surface area contributed by atoms with Gasteiger partial charge in [0.15, 0.2) is 13.2 Å². The molecule has 0 spiro atoms. The summed E-state index contributed by atoms with van der Waals surface area (Å²) in [5, 5.41) is 3.07. The molecular formula is C47H48Cl4N10O8. The normalized spacial score (nSPS) is 17.2. The number of rotatable bonds is 14. The number of anilines is 2. The monoisotopic (exact) mass is 1020 g/mol. The Bertz CT molecular complexity index is 2860. The minimum atomic E-state index is -0.777. The van der Waals surface area contributed by atoms with Crippen LogP contribution in [0.2, 0.25) is 20.1 Å². The number of aromatic nitrogens is 4. The third-order valence-electron chi connectivity index (χ3n) is 11.5. The zero-order valence-corrected chi connectivity index (χ0v) is 40.7. The molecule has 1 unspecified atom stereocenters. The molecule has 4 N–H and O–H groups in total. The highest BCUT2D eigenvalue weighted by atomic mass is 35.5. The van der Waals surface area contributed by atoms with Gasteiger partial charge in [-0.3, -0.25) is 19.2 Å². The van der Waals surface area contributed by atoms with E-state index in [-0.39, 0.29) is 56.1 Å². The molecule has 0 saturated carbocycles. The second-order valence-electron chi connectivity index (χ2n) is 16.1. The third-order valence-corrected chi connectivity index (χ3v) is 12.6. The van der Waals surface area contributed by atoms with Crippen molar-refractivity contribution in [3.63, 3.8) is 0 Å². The molecule has 0 aliphatic carbocycles. The van der Waals surface area contributed by atoms with Crippen LogP contribution in [0.4, 0.5) is 11.6 Å². The number of methoxy groups -OCH3 is 2. The molecule has 3 atom stereocenters. The molecule has 18 nitrogen and oxygen atoms in total. The van der Waals surface area contributed by atoms with Gasteiger partial charge in [-0.25, -0.2) is 19.9 Å². The molecule has 22 heteroatoms. The largest absolute Gasteiger partial charge is 0.482 e. The van der Waals surface area contributed by atoms with E-state index >= 15 is 0 Å². The highest BCUT2D eigenvalue weighted by Crippen LogP contribution is 2.30. The Morgan fingerprint density at radius 2 is 1.13 bits per heavy atom. The van der Waals surface area contributed by atoms with Crippen molar-refractivity contribution in [1.82, 2.24) is 39.5 Å². The summed E-state index contributed by atoms with van der Waals surface area (Å²) in [6.45, 7) is 3.23. The molecule has 6 aromatic rings. The van der Waals surface area contributed by atoms with Crippen molar-refractivity contribution in [3.05, 3.63) is 117 Å². The van der Waals surface area contributed by atoms with Crippen LogP contribution in [0.3, 0.4) is 0 Å². The minimum Gasteiger partial charge on any atom is -0.482 e. The summed E-state index contributed by atoms with van der Waals surface area (Å²) in [6.07, 6.45) is 2.82. The first-order valence-electron chi connectivity index (χ1n) is 21.5. The number of carbonyl (C=O) groups is 4. The molecule has 4 aromatic carbocycles. The number of nitrogens with zero attached hydrogens (tertiary/aromatic N) is 8. The van der Waals surface area contributed by atoms with Crippen LogP contribution in [-0.4, -0.2) is 142 Å². The molecule has 4 amide bonds. The van der Waals surface area contributed by atoms with E-state index in [9.17, 15) is 19.2 Å². The SMILES string of the molecule is COC[C@H]1C(=O)N(Cc2ccc3c(N)ncnc3c2)C(C)CN1C(=O)COc1cc(Cl)ccc1Cl.COC[C@H]1C(=O)N(Cc2ccc3c(N)ncnc3c2)CCN1C(=O)COc1cc(Cl)ccc1Cl. The van der Waals surface area contributed by atoms with E-state index in [0.29, 0.717) is 87.0 Å². The Kier molecular flexibility index (Phi) is 16.8. The molecule has 2 saturated heterocycles. The van der Waals surface area contributed by atoms with E-state index in [1.165, 1.54) is 48.8 Å². The highest BCUT2D eigenvalue weighted by molar-refractivity contribution is 6.34. The van der Waals surface area contributed by atoms with Gasteiger partial charge >= 0.3 is 0 Å². The number of benzene rings is 4. The number of amides is 4. The van der Waals surface area contributed by atoms with Gasteiger partial charge in [0.2, 0.25) is 11.8 Å². The number of nitrogen functional groups attached to an aromatic ring is 2. The van der Waals surface area contributed by atoms with E-state index in [2.05, 4.69) is 19.9 Å². The van der Waals surface area contributed by atoms with Crippen LogP contribution < -0.4 is 20.9 Å². The fourth-order valence-electron chi connectivity index (χ4n) is 7.98. The highest BCUT2D eigenvalue weighted by Gasteiger charge is 2.41. The number of carbonyl (C=O) groups excluding carboxylic acids is 4. The van der Waals surface area contributed by atoms with E-state index in [0.717, 1.165) is 21.9 Å². The molecule has 0 radical (unpaired) electrons. The van der Waals surface area contributed by atoms with E-state index in [1.54, 1.807) is 34.1 Å².